The van der Waals surface area contributed by atoms with E-state index in [1.165, 1.54) is 16.1 Å². The molecule has 0 fully saturated rings. The molecule has 12 heteroatoms. The van der Waals surface area contributed by atoms with Gasteiger partial charge in [0, 0.05) is 23.2 Å². The summed E-state index contributed by atoms with van der Waals surface area (Å²) in [5, 5.41) is 7.94. The van der Waals surface area contributed by atoms with E-state index in [1.807, 2.05) is 6.92 Å². The van der Waals surface area contributed by atoms with Gasteiger partial charge in [0.15, 0.2) is 6.61 Å². The normalized spacial score (nSPS) is 13.2. The van der Waals surface area contributed by atoms with E-state index in [-0.39, 0.29) is 18.3 Å². The second-order valence-electron chi connectivity index (χ2n) is 7.54. The lowest BCUT2D eigenvalue weighted by Crippen LogP contribution is -2.36. The molecule has 0 aliphatic carbocycles. The first-order valence-corrected chi connectivity index (χ1v) is 12.9. The van der Waals surface area contributed by atoms with Crippen molar-refractivity contribution in [3.05, 3.63) is 52.5 Å². The van der Waals surface area contributed by atoms with Gasteiger partial charge in [-0.2, -0.15) is 17.5 Å². The Morgan fingerprint density at radius 2 is 1.91 bits per heavy atom. The summed E-state index contributed by atoms with van der Waals surface area (Å²) in [6.07, 6.45) is -4.30. The van der Waals surface area contributed by atoms with Gasteiger partial charge in [0.2, 0.25) is 10.0 Å². The zero-order valence-corrected chi connectivity index (χ0v) is 21.1. The van der Waals surface area contributed by atoms with Crippen LogP contribution in [-0.4, -0.2) is 48.7 Å². The van der Waals surface area contributed by atoms with E-state index in [4.69, 9.17) is 21.4 Å². The van der Waals surface area contributed by atoms with Gasteiger partial charge in [-0.3, -0.25) is 0 Å². The van der Waals surface area contributed by atoms with Crippen molar-refractivity contribution < 1.29 is 36.2 Å². The number of carbonyl (C=O) groups is 1. The van der Waals surface area contributed by atoms with Crippen LogP contribution >= 0.6 is 23.4 Å². The first-order chi connectivity index (χ1) is 15.8. The van der Waals surface area contributed by atoms with Crippen LogP contribution in [0.2, 0.25) is 5.02 Å². The maximum absolute atomic E-state index is 13.2. The highest BCUT2D eigenvalue weighted by Gasteiger charge is 2.35. The number of aryl methyl sites for hydroxylation is 1. The number of nitrogens with zero attached hydrogens (tertiary/aromatic N) is 1. The minimum atomic E-state index is -4.78. The molecule has 6 nitrogen and oxygen atoms in total. The standard InChI is InChI=1S/C22H25ClF3NO5S2/c1-4-9-27(34(30,31)17-6-7-19(23)18(11-17)22(24,25)26)12-15(3)33-16-5-8-20(14(2)10-16)32-13-21(28)29/h5-8,10-11,15H,4,9,12-13H2,1-3H3,(H,28,29)/t15-/m1/s1. The van der Waals surface area contributed by atoms with Crippen LogP contribution in [0.15, 0.2) is 46.2 Å². The highest BCUT2D eigenvalue weighted by Crippen LogP contribution is 2.37. The second-order valence-corrected chi connectivity index (χ2v) is 11.4. The van der Waals surface area contributed by atoms with E-state index in [9.17, 15) is 26.4 Å². The van der Waals surface area contributed by atoms with Gasteiger partial charge in [0.25, 0.3) is 0 Å². The number of aliphatic carboxylic acids is 1. The van der Waals surface area contributed by atoms with Crippen LogP contribution in [0.1, 0.15) is 31.4 Å². The molecule has 2 rings (SSSR count). The molecule has 1 N–H and O–H groups in total. The maximum atomic E-state index is 13.2. The molecule has 34 heavy (non-hydrogen) atoms. The smallest absolute Gasteiger partial charge is 0.417 e. The number of thioether (sulfide) groups is 1. The molecule has 0 heterocycles. The molecule has 0 radical (unpaired) electrons. The van der Waals surface area contributed by atoms with Gasteiger partial charge >= 0.3 is 12.1 Å². The number of alkyl halides is 3. The molecule has 0 aromatic heterocycles. The molecule has 0 amide bonds. The summed E-state index contributed by atoms with van der Waals surface area (Å²) >= 11 is 7.02. The third-order valence-electron chi connectivity index (χ3n) is 4.65. The summed E-state index contributed by atoms with van der Waals surface area (Å²) in [4.78, 5) is 11.0. The fourth-order valence-electron chi connectivity index (χ4n) is 3.14. The van der Waals surface area contributed by atoms with Crippen LogP contribution in [0.4, 0.5) is 13.2 Å². The van der Waals surface area contributed by atoms with E-state index in [0.29, 0.717) is 18.2 Å². The fourth-order valence-corrected chi connectivity index (χ4v) is 6.22. The Bertz CT molecular complexity index is 1130. The van der Waals surface area contributed by atoms with Crippen LogP contribution < -0.4 is 4.74 Å². The van der Waals surface area contributed by atoms with Crippen LogP contribution in [0.25, 0.3) is 0 Å². The van der Waals surface area contributed by atoms with Crippen molar-refractivity contribution in [2.24, 2.45) is 0 Å². The number of ether oxygens (including phenoxy) is 1. The largest absolute Gasteiger partial charge is 0.482 e. The number of carboxylic acids is 1. The number of rotatable bonds is 11. The van der Waals surface area contributed by atoms with Crippen molar-refractivity contribution >= 4 is 39.4 Å². The van der Waals surface area contributed by atoms with Crippen LogP contribution in [0.3, 0.4) is 0 Å². The predicted octanol–water partition coefficient (Wildman–Crippen LogP) is 5.71. The van der Waals surface area contributed by atoms with Gasteiger partial charge in [-0.15, -0.1) is 11.8 Å². The van der Waals surface area contributed by atoms with Crippen molar-refractivity contribution in [3.63, 3.8) is 0 Å². The van der Waals surface area contributed by atoms with Crippen LogP contribution in [0, 0.1) is 6.92 Å². The summed E-state index contributed by atoms with van der Waals surface area (Å²) in [6.45, 7) is 5.10. The van der Waals surface area contributed by atoms with Gasteiger partial charge in [-0.05, 0) is 55.3 Å². The Hall–Kier alpha value is -1.95. The molecular weight excluding hydrogens is 515 g/mol. The molecule has 0 saturated heterocycles. The number of carboxylic acid groups (broad SMARTS) is 1. The lowest BCUT2D eigenvalue weighted by Gasteiger charge is -2.25. The lowest BCUT2D eigenvalue weighted by molar-refractivity contribution is -0.139. The zero-order chi connectivity index (χ0) is 25.7. The van der Waals surface area contributed by atoms with Gasteiger partial charge < -0.3 is 9.84 Å². The zero-order valence-electron chi connectivity index (χ0n) is 18.7. The molecule has 0 unspecified atom stereocenters. The molecule has 0 bridgehead atoms. The van der Waals surface area contributed by atoms with E-state index >= 15 is 0 Å². The molecule has 2 aromatic carbocycles. The molecule has 0 aliphatic heterocycles. The van der Waals surface area contributed by atoms with Gasteiger partial charge in [-0.25, -0.2) is 13.2 Å². The Morgan fingerprint density at radius 1 is 1.24 bits per heavy atom. The third kappa shape index (κ3) is 7.53. The summed E-state index contributed by atoms with van der Waals surface area (Å²) < 4.78 is 72.4. The van der Waals surface area contributed by atoms with Crippen LogP contribution in [0.5, 0.6) is 5.75 Å². The molecule has 188 valence electrons. The summed E-state index contributed by atoms with van der Waals surface area (Å²) in [5.74, 6) is -0.662. The van der Waals surface area contributed by atoms with Crippen molar-refractivity contribution in [3.8, 4) is 5.75 Å². The molecule has 2 aromatic rings. The quantitative estimate of drug-likeness (QED) is 0.368. The predicted molar refractivity (Wildman–Crippen MR) is 125 cm³/mol. The molecule has 0 saturated carbocycles. The first kappa shape index (κ1) is 28.3. The number of hydrogen-bond donors (Lipinski definition) is 1. The summed E-state index contributed by atoms with van der Waals surface area (Å²) in [6, 6.07) is 7.76. The summed E-state index contributed by atoms with van der Waals surface area (Å²) in [7, 11) is -4.19. The molecular formula is C22H25ClF3NO5S2. The second kappa shape index (κ2) is 11.7. The molecule has 1 atom stereocenters. The van der Waals surface area contributed by atoms with E-state index in [1.54, 1.807) is 32.0 Å². The number of sulfonamides is 1. The van der Waals surface area contributed by atoms with Crippen molar-refractivity contribution in [2.45, 2.75) is 48.4 Å². The Kier molecular flexibility index (Phi) is 9.70. The SMILES string of the molecule is CCCN(C[C@@H](C)Sc1ccc(OCC(=O)O)c(C)c1)S(=O)(=O)c1ccc(Cl)c(C(F)(F)F)c1. The highest BCUT2D eigenvalue weighted by molar-refractivity contribution is 8.00. The number of benzene rings is 2. The minimum Gasteiger partial charge on any atom is -0.482 e. The van der Waals surface area contributed by atoms with Gasteiger partial charge in [0.05, 0.1) is 15.5 Å². The van der Waals surface area contributed by atoms with Gasteiger partial charge in [0.1, 0.15) is 5.75 Å². The molecule has 0 spiro atoms. The average Bonchev–Trinajstić information content (AvgIpc) is 2.72. The van der Waals surface area contributed by atoms with Crippen LogP contribution in [-0.2, 0) is 21.0 Å². The Labute approximate surface area is 206 Å². The average molecular weight is 540 g/mol. The van der Waals surface area contributed by atoms with Crippen molar-refractivity contribution in [1.82, 2.24) is 4.31 Å². The molecule has 0 aliphatic rings. The van der Waals surface area contributed by atoms with Gasteiger partial charge in [-0.1, -0.05) is 25.4 Å². The minimum absolute atomic E-state index is 0.0706. The highest BCUT2D eigenvalue weighted by atomic mass is 35.5. The monoisotopic (exact) mass is 539 g/mol. The number of hydrogen-bond acceptors (Lipinski definition) is 5. The van der Waals surface area contributed by atoms with E-state index in [0.717, 1.165) is 22.6 Å². The Morgan fingerprint density at radius 3 is 2.47 bits per heavy atom. The van der Waals surface area contributed by atoms with Crippen molar-refractivity contribution in [2.75, 3.05) is 19.7 Å². The first-order valence-electron chi connectivity index (χ1n) is 10.2. The number of halogens is 4. The fraction of sp³-hybridized carbons (Fsp3) is 0.409. The lowest BCUT2D eigenvalue weighted by atomic mass is 10.2. The Balaban J connectivity index is 2.21. The van der Waals surface area contributed by atoms with E-state index in [2.05, 4.69) is 0 Å². The maximum Gasteiger partial charge on any atom is 0.417 e. The topological polar surface area (TPSA) is 83.9 Å². The third-order valence-corrected chi connectivity index (χ3v) is 7.92. The van der Waals surface area contributed by atoms with E-state index < -0.39 is 44.3 Å². The summed E-state index contributed by atoms with van der Waals surface area (Å²) in [5.41, 5.74) is -0.480. The van der Waals surface area contributed by atoms with Crippen molar-refractivity contribution in [1.29, 1.82) is 0 Å².